The van der Waals surface area contributed by atoms with Gasteiger partial charge in [0.05, 0.1) is 22.4 Å². The summed E-state index contributed by atoms with van der Waals surface area (Å²) in [6, 6.07) is 46.5. The van der Waals surface area contributed by atoms with E-state index in [-0.39, 0.29) is 33.9 Å². The molecule has 4 nitrogen and oxygen atoms in total. The highest BCUT2D eigenvalue weighted by Crippen LogP contribution is 2.56. The number of benzene rings is 7. The van der Waals surface area contributed by atoms with Crippen LogP contribution in [0.25, 0.3) is 77.0 Å². The van der Waals surface area contributed by atoms with E-state index in [4.69, 9.17) is 8.83 Å². The van der Waals surface area contributed by atoms with E-state index in [1.807, 2.05) is 0 Å². The van der Waals surface area contributed by atoms with Crippen molar-refractivity contribution < 1.29 is 8.83 Å². The second-order valence-corrected chi connectivity index (χ2v) is 25.2. The van der Waals surface area contributed by atoms with Crippen LogP contribution in [-0.2, 0) is 27.1 Å². The van der Waals surface area contributed by atoms with Gasteiger partial charge in [-0.05, 0) is 145 Å². The molecule has 0 unspecified atom stereocenters. The Kier molecular flexibility index (Phi) is 8.44. The quantitative estimate of drug-likeness (QED) is 0.162. The van der Waals surface area contributed by atoms with Crippen LogP contribution >= 0.6 is 0 Å². The monoisotopic (exact) mass is 902 g/mol. The van der Waals surface area contributed by atoms with Gasteiger partial charge in [-0.1, -0.05) is 151 Å². The minimum atomic E-state index is -0.271. The Labute approximate surface area is 407 Å². The number of hydrogen-bond acceptors (Lipinski definition) is 3. The largest absolute Gasteiger partial charge is 0.466 e. The van der Waals surface area contributed by atoms with Crippen LogP contribution in [0.15, 0.2) is 130 Å². The molecule has 344 valence electrons. The van der Waals surface area contributed by atoms with E-state index in [2.05, 4.69) is 221 Å². The zero-order valence-corrected chi connectivity index (χ0v) is 42.7. The summed E-state index contributed by atoms with van der Waals surface area (Å²) in [6.45, 7) is 30.5. The van der Waals surface area contributed by atoms with E-state index in [9.17, 15) is 0 Å². The van der Waals surface area contributed by atoms with Crippen LogP contribution in [0, 0.1) is 0 Å². The average molecular weight is 903 g/mol. The second kappa shape index (κ2) is 13.7. The molecule has 10 aromatic rings. The minimum absolute atomic E-state index is 0.00650. The standard InChI is InChI=1S/C64H63BN2O2/c1-60(2,3)37-23-25-49(41(29-37)36-19-15-14-16-20-36)66-57-46-33-47-48(64(12,13)28-27-63(47,10)11)35-52(46)69-59(57)65-55-43(34-53-54(58(55)66)40-21-17-18-22-51(40)68-53)45-32-39(62(7,8)9)31-44-42-30-38(61(4,5)6)24-26-50(42)67(65)56(44)45/h14-26,29-35H,27-28H2,1-13H3. The lowest BCUT2D eigenvalue weighted by Crippen LogP contribution is -2.56. The Morgan fingerprint density at radius 3 is 1.83 bits per heavy atom. The lowest BCUT2D eigenvalue weighted by molar-refractivity contribution is 0.332. The number of hydrogen-bond donors (Lipinski definition) is 0. The molecule has 69 heavy (non-hydrogen) atoms. The van der Waals surface area contributed by atoms with Gasteiger partial charge in [0.2, 0.25) is 0 Å². The molecule has 0 N–H and O–H groups in total. The normalized spacial score (nSPS) is 16.2. The maximum absolute atomic E-state index is 7.76. The average Bonchev–Trinajstić information content (AvgIpc) is 3.97. The number of para-hydroxylation sites is 1. The topological polar surface area (TPSA) is 34.5 Å². The third-order valence-electron chi connectivity index (χ3n) is 16.7. The molecule has 0 saturated heterocycles. The van der Waals surface area contributed by atoms with Crippen molar-refractivity contribution in [2.45, 2.75) is 130 Å². The van der Waals surface area contributed by atoms with Gasteiger partial charge in [-0.2, -0.15) is 0 Å². The molecule has 0 radical (unpaired) electrons. The second-order valence-electron chi connectivity index (χ2n) is 25.2. The van der Waals surface area contributed by atoms with Crippen molar-refractivity contribution in [1.82, 2.24) is 4.48 Å². The van der Waals surface area contributed by atoms with Gasteiger partial charge in [0.25, 0.3) is 0 Å². The first kappa shape index (κ1) is 42.6. The zero-order chi connectivity index (χ0) is 48.1. The number of anilines is 3. The fourth-order valence-electron chi connectivity index (χ4n) is 12.5. The third kappa shape index (κ3) is 5.95. The van der Waals surface area contributed by atoms with Crippen LogP contribution in [0.1, 0.15) is 131 Å². The fraction of sp³-hybridized carbons (Fsp3) is 0.312. The summed E-state index contributed by atoms with van der Waals surface area (Å²) in [6.07, 6.45) is 2.26. The first-order valence-electron chi connectivity index (χ1n) is 25.3. The van der Waals surface area contributed by atoms with Gasteiger partial charge < -0.3 is 18.2 Å². The van der Waals surface area contributed by atoms with Crippen molar-refractivity contribution in [2.75, 3.05) is 4.90 Å². The molecule has 5 heteroatoms. The number of aromatic nitrogens is 1. The molecule has 7 aromatic carbocycles. The first-order chi connectivity index (χ1) is 32.6. The highest BCUT2D eigenvalue weighted by molar-refractivity contribution is 6.90. The molecule has 0 saturated carbocycles. The van der Waals surface area contributed by atoms with Crippen molar-refractivity contribution in [3.8, 4) is 22.3 Å². The summed E-state index contributed by atoms with van der Waals surface area (Å²) in [5, 5.41) is 5.98. The summed E-state index contributed by atoms with van der Waals surface area (Å²) >= 11 is 0. The van der Waals surface area contributed by atoms with Crippen molar-refractivity contribution in [2.24, 2.45) is 0 Å². The summed E-state index contributed by atoms with van der Waals surface area (Å²) in [5.41, 5.74) is 22.3. The molecule has 3 aliphatic rings. The minimum Gasteiger partial charge on any atom is -0.466 e. The molecule has 13 rings (SSSR count). The van der Waals surface area contributed by atoms with Crippen LogP contribution in [-0.4, -0.2) is 11.3 Å². The molecule has 5 heterocycles. The number of furan rings is 2. The highest BCUT2D eigenvalue weighted by Gasteiger charge is 2.49. The van der Waals surface area contributed by atoms with E-state index >= 15 is 0 Å². The van der Waals surface area contributed by atoms with Crippen LogP contribution in [0.5, 0.6) is 0 Å². The Hall–Kier alpha value is -6.46. The number of nitrogens with zero attached hydrogens (tertiary/aromatic N) is 2. The lowest BCUT2D eigenvalue weighted by Gasteiger charge is -2.42. The van der Waals surface area contributed by atoms with Crippen LogP contribution in [0.3, 0.4) is 0 Å². The molecular weight excluding hydrogens is 840 g/mol. The third-order valence-corrected chi connectivity index (χ3v) is 16.7. The lowest BCUT2D eigenvalue weighted by atomic mass is 9.47. The van der Waals surface area contributed by atoms with Crippen LogP contribution in [0.4, 0.5) is 17.1 Å². The molecule has 0 bridgehead atoms. The number of fused-ring (bicyclic) bond motifs is 14. The van der Waals surface area contributed by atoms with Crippen LogP contribution in [0.2, 0.25) is 0 Å². The van der Waals surface area contributed by atoms with Gasteiger partial charge in [0.1, 0.15) is 22.4 Å². The van der Waals surface area contributed by atoms with Gasteiger partial charge in [-0.15, -0.1) is 0 Å². The Morgan fingerprint density at radius 1 is 0.493 bits per heavy atom. The zero-order valence-electron chi connectivity index (χ0n) is 42.7. The molecule has 0 atom stereocenters. The van der Waals surface area contributed by atoms with Crippen molar-refractivity contribution in [1.29, 1.82) is 0 Å². The van der Waals surface area contributed by atoms with E-state index in [1.54, 1.807) is 0 Å². The maximum atomic E-state index is 7.76. The van der Waals surface area contributed by atoms with Gasteiger partial charge >= 0.3 is 6.85 Å². The van der Waals surface area contributed by atoms with E-state index in [0.29, 0.717) is 0 Å². The van der Waals surface area contributed by atoms with Crippen molar-refractivity contribution in [3.63, 3.8) is 0 Å². The van der Waals surface area contributed by atoms with Gasteiger partial charge in [0.15, 0.2) is 0 Å². The summed E-state index contributed by atoms with van der Waals surface area (Å²) in [7, 11) is 0. The predicted molar refractivity (Wildman–Crippen MR) is 294 cm³/mol. The Bertz CT molecular complexity index is 3850. The molecule has 3 aromatic heterocycles. The van der Waals surface area contributed by atoms with Gasteiger partial charge in [0, 0.05) is 43.7 Å². The van der Waals surface area contributed by atoms with Crippen molar-refractivity contribution >= 4 is 89.7 Å². The Balaban J connectivity index is 1.27. The van der Waals surface area contributed by atoms with E-state index < -0.39 is 0 Å². The maximum Gasteiger partial charge on any atom is 0.376 e. The molecule has 0 fully saturated rings. The van der Waals surface area contributed by atoms with E-state index in [0.717, 1.165) is 62.8 Å². The molecule has 2 aliphatic heterocycles. The highest BCUT2D eigenvalue weighted by atomic mass is 16.3. The van der Waals surface area contributed by atoms with Crippen LogP contribution < -0.4 is 16.0 Å². The van der Waals surface area contributed by atoms with Gasteiger partial charge in [-0.3, -0.25) is 0 Å². The smallest absolute Gasteiger partial charge is 0.376 e. The summed E-state index contributed by atoms with van der Waals surface area (Å²) in [4.78, 5) is 2.63. The fourth-order valence-corrected chi connectivity index (χ4v) is 12.5. The summed E-state index contributed by atoms with van der Waals surface area (Å²) in [5.74, 6) is 0. The SMILES string of the molecule is CC(C)(C)c1ccc(N2c3c(oc4cc5c(cc34)C(C)(C)CCC5(C)C)B3c4c(cc5oc6ccccc6c5c42)-c2cc(C(C)(C)C)cc4c5cc(C(C)(C)C)ccc5n3c24)c(-c2ccccc2)c1. The summed E-state index contributed by atoms with van der Waals surface area (Å²) < 4.78 is 17.5. The van der Waals surface area contributed by atoms with Gasteiger partial charge in [-0.25, -0.2) is 0 Å². The molecule has 0 spiro atoms. The van der Waals surface area contributed by atoms with E-state index in [1.165, 1.54) is 83.0 Å². The molecule has 0 amide bonds. The molecular formula is C64H63BN2O2. The number of rotatable bonds is 2. The molecule has 1 aliphatic carbocycles. The van der Waals surface area contributed by atoms with Crippen molar-refractivity contribution in [3.05, 3.63) is 149 Å². The first-order valence-corrected chi connectivity index (χ1v) is 25.3. The predicted octanol–water partition coefficient (Wildman–Crippen LogP) is 16.8. The Morgan fingerprint density at radius 2 is 1.12 bits per heavy atom.